The highest BCUT2D eigenvalue weighted by molar-refractivity contribution is 6.31. The molecule has 0 radical (unpaired) electrons. The van der Waals surface area contributed by atoms with E-state index in [1.54, 1.807) is 13.3 Å². The summed E-state index contributed by atoms with van der Waals surface area (Å²) in [4.78, 5) is 0. The number of nitrogens with one attached hydrogen (secondary N) is 1. The Balaban J connectivity index is 2.18. The zero-order chi connectivity index (χ0) is 13.9. The van der Waals surface area contributed by atoms with Crippen LogP contribution in [0.1, 0.15) is 38.8 Å². The van der Waals surface area contributed by atoms with Gasteiger partial charge in [0.2, 0.25) is 0 Å². The topological polar surface area (TPSA) is 39.1 Å². The highest BCUT2D eigenvalue weighted by Crippen LogP contribution is 2.43. The molecule has 2 unspecified atom stereocenters. The van der Waals surface area contributed by atoms with Crippen molar-refractivity contribution in [3.05, 3.63) is 16.9 Å². The quantitative estimate of drug-likeness (QED) is 0.873. The van der Waals surface area contributed by atoms with Crippen molar-refractivity contribution in [2.75, 3.05) is 20.3 Å². The first-order chi connectivity index (χ1) is 9.10. The number of nitrogens with zero attached hydrogens (tertiary/aromatic N) is 2. The Morgan fingerprint density at radius 1 is 1.63 bits per heavy atom. The SMILES string of the molecule is CCNC1CCC(C)(c2c(Cl)cnn2CCOC)C1. The summed E-state index contributed by atoms with van der Waals surface area (Å²) in [6.45, 7) is 6.91. The molecule has 0 bridgehead atoms. The van der Waals surface area contributed by atoms with Gasteiger partial charge < -0.3 is 10.1 Å². The summed E-state index contributed by atoms with van der Waals surface area (Å²) in [5.74, 6) is 0. The number of rotatable bonds is 6. The minimum atomic E-state index is 0.119. The van der Waals surface area contributed by atoms with E-state index >= 15 is 0 Å². The van der Waals surface area contributed by atoms with E-state index in [1.165, 1.54) is 12.1 Å². The zero-order valence-electron chi connectivity index (χ0n) is 12.1. The molecule has 1 heterocycles. The van der Waals surface area contributed by atoms with Gasteiger partial charge in [-0.25, -0.2) is 0 Å². The third kappa shape index (κ3) is 3.12. The lowest BCUT2D eigenvalue weighted by atomic mass is 9.84. The molecule has 0 aliphatic heterocycles. The van der Waals surface area contributed by atoms with Gasteiger partial charge in [0, 0.05) is 18.6 Å². The molecule has 1 saturated carbocycles. The van der Waals surface area contributed by atoms with E-state index in [9.17, 15) is 0 Å². The molecule has 1 aliphatic carbocycles. The molecule has 0 spiro atoms. The number of halogens is 1. The summed E-state index contributed by atoms with van der Waals surface area (Å²) < 4.78 is 7.16. The summed E-state index contributed by atoms with van der Waals surface area (Å²) in [7, 11) is 1.71. The minimum absolute atomic E-state index is 0.119. The Kier molecular flexibility index (Phi) is 4.87. The predicted octanol–water partition coefficient (Wildman–Crippen LogP) is 2.60. The lowest BCUT2D eigenvalue weighted by Crippen LogP contribution is -2.30. The summed E-state index contributed by atoms with van der Waals surface area (Å²) in [6.07, 6.45) is 5.25. The van der Waals surface area contributed by atoms with E-state index in [-0.39, 0.29) is 5.41 Å². The van der Waals surface area contributed by atoms with E-state index in [0.29, 0.717) is 12.6 Å². The molecule has 4 nitrogen and oxygen atoms in total. The van der Waals surface area contributed by atoms with Crippen LogP contribution in [0, 0.1) is 0 Å². The Labute approximate surface area is 120 Å². The van der Waals surface area contributed by atoms with Gasteiger partial charge in [-0.15, -0.1) is 0 Å². The maximum absolute atomic E-state index is 6.37. The molecule has 1 fully saturated rings. The fourth-order valence-corrected chi connectivity index (χ4v) is 3.60. The van der Waals surface area contributed by atoms with Crippen LogP contribution in [0.15, 0.2) is 6.20 Å². The standard InChI is InChI=1S/C14H24ClN3O/c1-4-16-11-5-6-14(2,9-11)13-12(15)10-17-18(13)7-8-19-3/h10-11,16H,4-9H2,1-3H3. The first kappa shape index (κ1) is 14.8. The van der Waals surface area contributed by atoms with Crippen molar-refractivity contribution >= 4 is 11.6 Å². The minimum Gasteiger partial charge on any atom is -0.383 e. The van der Waals surface area contributed by atoms with Crippen LogP contribution in [0.4, 0.5) is 0 Å². The fraction of sp³-hybridized carbons (Fsp3) is 0.786. The molecule has 19 heavy (non-hydrogen) atoms. The summed E-state index contributed by atoms with van der Waals surface area (Å²) >= 11 is 6.37. The molecule has 1 N–H and O–H groups in total. The van der Waals surface area contributed by atoms with Gasteiger partial charge in [-0.05, 0) is 25.8 Å². The molecule has 2 rings (SSSR count). The monoisotopic (exact) mass is 285 g/mol. The van der Waals surface area contributed by atoms with Gasteiger partial charge >= 0.3 is 0 Å². The van der Waals surface area contributed by atoms with Crippen molar-refractivity contribution in [3.8, 4) is 0 Å². The number of methoxy groups -OCH3 is 1. The molecular weight excluding hydrogens is 262 g/mol. The van der Waals surface area contributed by atoms with E-state index < -0.39 is 0 Å². The van der Waals surface area contributed by atoms with Crippen LogP contribution < -0.4 is 5.32 Å². The maximum Gasteiger partial charge on any atom is 0.0823 e. The van der Waals surface area contributed by atoms with Crippen molar-refractivity contribution in [2.45, 2.75) is 51.1 Å². The summed E-state index contributed by atoms with van der Waals surface area (Å²) in [5, 5.41) is 8.73. The Hall–Kier alpha value is -0.580. The molecule has 0 aromatic carbocycles. The number of ether oxygens (including phenoxy) is 1. The van der Waals surface area contributed by atoms with E-state index in [2.05, 4.69) is 24.3 Å². The summed E-state index contributed by atoms with van der Waals surface area (Å²) in [5.41, 5.74) is 1.29. The zero-order valence-corrected chi connectivity index (χ0v) is 12.8. The van der Waals surface area contributed by atoms with Gasteiger partial charge in [0.25, 0.3) is 0 Å². The van der Waals surface area contributed by atoms with Crippen molar-refractivity contribution in [1.29, 1.82) is 0 Å². The second-order valence-corrected chi connectivity index (χ2v) is 6.02. The Bertz CT molecular complexity index is 421. The lowest BCUT2D eigenvalue weighted by molar-refractivity contribution is 0.180. The van der Waals surface area contributed by atoms with Crippen LogP contribution >= 0.6 is 11.6 Å². The maximum atomic E-state index is 6.37. The van der Waals surface area contributed by atoms with Crippen LogP contribution in [-0.4, -0.2) is 36.1 Å². The van der Waals surface area contributed by atoms with Crippen molar-refractivity contribution in [1.82, 2.24) is 15.1 Å². The molecule has 1 aromatic rings. The highest BCUT2D eigenvalue weighted by atomic mass is 35.5. The van der Waals surface area contributed by atoms with Crippen LogP contribution in [0.5, 0.6) is 0 Å². The highest BCUT2D eigenvalue weighted by Gasteiger charge is 2.40. The van der Waals surface area contributed by atoms with Crippen LogP contribution in [0.2, 0.25) is 5.02 Å². The number of hydrogen-bond acceptors (Lipinski definition) is 3. The molecular formula is C14H24ClN3O. The first-order valence-electron chi connectivity index (χ1n) is 7.05. The molecule has 5 heteroatoms. The van der Waals surface area contributed by atoms with Crippen molar-refractivity contribution in [2.24, 2.45) is 0 Å². The fourth-order valence-electron chi connectivity index (χ4n) is 3.23. The molecule has 0 amide bonds. The molecule has 1 aliphatic rings. The average Bonchev–Trinajstić information content (AvgIpc) is 2.92. The molecule has 1 aromatic heterocycles. The van der Waals surface area contributed by atoms with Crippen LogP contribution in [-0.2, 0) is 16.7 Å². The predicted molar refractivity (Wildman–Crippen MR) is 77.8 cm³/mol. The lowest BCUT2D eigenvalue weighted by Gasteiger charge is -2.26. The van der Waals surface area contributed by atoms with Gasteiger partial charge in [0.05, 0.1) is 30.1 Å². The first-order valence-corrected chi connectivity index (χ1v) is 7.42. The van der Waals surface area contributed by atoms with Gasteiger partial charge in [-0.2, -0.15) is 5.10 Å². The molecule has 0 saturated heterocycles. The van der Waals surface area contributed by atoms with Gasteiger partial charge in [-0.1, -0.05) is 25.4 Å². The van der Waals surface area contributed by atoms with Gasteiger partial charge in [0.1, 0.15) is 0 Å². The largest absolute Gasteiger partial charge is 0.383 e. The molecule has 108 valence electrons. The Morgan fingerprint density at radius 2 is 2.42 bits per heavy atom. The van der Waals surface area contributed by atoms with Crippen LogP contribution in [0.3, 0.4) is 0 Å². The third-order valence-electron chi connectivity index (χ3n) is 4.11. The second-order valence-electron chi connectivity index (χ2n) is 5.62. The third-order valence-corrected chi connectivity index (χ3v) is 4.38. The van der Waals surface area contributed by atoms with Crippen molar-refractivity contribution < 1.29 is 4.74 Å². The summed E-state index contributed by atoms with van der Waals surface area (Å²) in [6, 6.07) is 0.594. The second kappa shape index (κ2) is 6.25. The van der Waals surface area contributed by atoms with E-state index in [1.807, 2.05) is 4.68 Å². The van der Waals surface area contributed by atoms with Gasteiger partial charge in [0.15, 0.2) is 0 Å². The number of hydrogen-bond donors (Lipinski definition) is 1. The van der Waals surface area contributed by atoms with Crippen LogP contribution in [0.25, 0.3) is 0 Å². The number of aromatic nitrogens is 2. The Morgan fingerprint density at radius 3 is 3.11 bits per heavy atom. The van der Waals surface area contributed by atoms with Crippen molar-refractivity contribution in [3.63, 3.8) is 0 Å². The molecule has 2 atom stereocenters. The van der Waals surface area contributed by atoms with E-state index in [0.717, 1.165) is 31.0 Å². The van der Waals surface area contributed by atoms with Gasteiger partial charge in [-0.3, -0.25) is 4.68 Å². The average molecular weight is 286 g/mol. The smallest absolute Gasteiger partial charge is 0.0823 e. The normalized spacial score (nSPS) is 27.1. The van der Waals surface area contributed by atoms with E-state index in [4.69, 9.17) is 16.3 Å².